The topological polar surface area (TPSA) is 62.3 Å². The summed E-state index contributed by atoms with van der Waals surface area (Å²) in [4.78, 5) is 31.2. The Hall–Kier alpha value is -3.20. The molecule has 174 valence electrons. The SMILES string of the molecule is CCCN(CC(=O)Nc1ccccc1C)C(=O)Cc1csc(-c2ccc(C(F)(F)F)cc2)n1. The molecule has 0 unspecified atom stereocenters. The van der Waals surface area contributed by atoms with E-state index in [1.807, 2.05) is 32.0 Å². The molecule has 1 heterocycles. The van der Waals surface area contributed by atoms with E-state index in [0.717, 1.165) is 17.7 Å². The van der Waals surface area contributed by atoms with E-state index in [-0.39, 0.29) is 24.8 Å². The Morgan fingerprint density at radius 3 is 2.42 bits per heavy atom. The van der Waals surface area contributed by atoms with Gasteiger partial charge < -0.3 is 10.2 Å². The number of hydrogen-bond acceptors (Lipinski definition) is 4. The Balaban J connectivity index is 1.64. The van der Waals surface area contributed by atoms with Crippen molar-refractivity contribution in [2.24, 2.45) is 0 Å². The van der Waals surface area contributed by atoms with Crippen LogP contribution in [0.5, 0.6) is 0 Å². The Bertz CT molecular complexity index is 1110. The summed E-state index contributed by atoms with van der Waals surface area (Å²) >= 11 is 1.26. The second kappa shape index (κ2) is 10.6. The average molecular weight is 476 g/mol. The molecule has 3 aromatic rings. The standard InChI is InChI=1S/C24H24F3N3O2S/c1-3-12-30(14-21(31)29-20-7-5-4-6-16(20)2)22(32)13-19-15-33-23(28-19)17-8-10-18(11-9-17)24(25,26)27/h4-11,15H,3,12-14H2,1-2H3,(H,29,31). The van der Waals surface area contributed by atoms with E-state index in [9.17, 15) is 22.8 Å². The van der Waals surface area contributed by atoms with Crippen LogP contribution in [-0.2, 0) is 22.2 Å². The van der Waals surface area contributed by atoms with Gasteiger partial charge in [0.05, 0.1) is 24.2 Å². The third-order valence-corrected chi connectivity index (χ3v) is 5.88. The van der Waals surface area contributed by atoms with Crippen molar-refractivity contribution in [2.75, 3.05) is 18.4 Å². The number of aryl methyl sites for hydroxylation is 1. The maximum atomic E-state index is 12.8. The molecule has 0 fully saturated rings. The van der Waals surface area contributed by atoms with Gasteiger partial charge in [-0.2, -0.15) is 13.2 Å². The van der Waals surface area contributed by atoms with Crippen LogP contribution in [-0.4, -0.2) is 34.8 Å². The minimum absolute atomic E-state index is 0.00871. The third-order valence-electron chi connectivity index (χ3n) is 4.94. The molecule has 2 amide bonds. The number of carbonyl (C=O) groups excluding carboxylic acids is 2. The van der Waals surface area contributed by atoms with Gasteiger partial charge in [-0.15, -0.1) is 11.3 Å². The van der Waals surface area contributed by atoms with Crippen molar-refractivity contribution in [3.8, 4) is 10.6 Å². The molecule has 0 aliphatic rings. The van der Waals surface area contributed by atoms with Crippen LogP contribution in [0.2, 0.25) is 0 Å². The molecule has 33 heavy (non-hydrogen) atoms. The van der Waals surface area contributed by atoms with Gasteiger partial charge in [0.15, 0.2) is 0 Å². The number of anilines is 1. The summed E-state index contributed by atoms with van der Waals surface area (Å²) in [5.74, 6) is -0.518. The second-order valence-corrected chi connectivity index (χ2v) is 8.43. The van der Waals surface area contributed by atoms with Gasteiger partial charge in [0.1, 0.15) is 5.01 Å². The second-order valence-electron chi connectivity index (χ2n) is 7.57. The predicted octanol–water partition coefficient (Wildman–Crippen LogP) is 5.56. The largest absolute Gasteiger partial charge is 0.416 e. The molecule has 3 rings (SSSR count). The fourth-order valence-electron chi connectivity index (χ4n) is 3.23. The number of aromatic nitrogens is 1. The summed E-state index contributed by atoms with van der Waals surface area (Å²) in [5.41, 5.74) is 1.97. The number of amides is 2. The maximum absolute atomic E-state index is 12.8. The third kappa shape index (κ3) is 6.64. The molecule has 5 nitrogen and oxygen atoms in total. The summed E-state index contributed by atoms with van der Waals surface area (Å²) < 4.78 is 38.3. The number of halogens is 3. The van der Waals surface area contributed by atoms with Crippen molar-refractivity contribution >= 4 is 28.8 Å². The van der Waals surface area contributed by atoms with Gasteiger partial charge in [-0.25, -0.2) is 4.98 Å². The van der Waals surface area contributed by atoms with Gasteiger partial charge in [0.2, 0.25) is 11.8 Å². The fraction of sp³-hybridized carbons (Fsp3) is 0.292. The first kappa shape index (κ1) is 24.4. The number of para-hydroxylation sites is 1. The van der Waals surface area contributed by atoms with E-state index in [0.29, 0.717) is 34.9 Å². The highest BCUT2D eigenvalue weighted by atomic mass is 32.1. The van der Waals surface area contributed by atoms with Crippen molar-refractivity contribution in [3.05, 3.63) is 70.7 Å². The first-order valence-corrected chi connectivity index (χ1v) is 11.3. The molecule has 0 spiro atoms. The van der Waals surface area contributed by atoms with Crippen molar-refractivity contribution in [1.82, 2.24) is 9.88 Å². The average Bonchev–Trinajstić information content (AvgIpc) is 3.23. The first-order valence-electron chi connectivity index (χ1n) is 10.4. The minimum atomic E-state index is -4.40. The van der Waals surface area contributed by atoms with Crippen molar-refractivity contribution in [2.45, 2.75) is 32.9 Å². The molecule has 0 aliphatic heterocycles. The molecule has 0 bridgehead atoms. The summed E-state index contributed by atoms with van der Waals surface area (Å²) in [6.07, 6.45) is -3.70. The summed E-state index contributed by atoms with van der Waals surface area (Å²) in [7, 11) is 0. The highest BCUT2D eigenvalue weighted by Crippen LogP contribution is 2.31. The van der Waals surface area contributed by atoms with Gasteiger partial charge in [-0.1, -0.05) is 37.3 Å². The minimum Gasteiger partial charge on any atom is -0.333 e. The smallest absolute Gasteiger partial charge is 0.333 e. The number of rotatable bonds is 8. The fourth-order valence-corrected chi connectivity index (χ4v) is 4.05. The van der Waals surface area contributed by atoms with E-state index >= 15 is 0 Å². The monoisotopic (exact) mass is 475 g/mol. The van der Waals surface area contributed by atoms with E-state index in [4.69, 9.17) is 0 Å². The number of hydrogen-bond donors (Lipinski definition) is 1. The molecule has 1 aromatic heterocycles. The molecule has 2 aromatic carbocycles. The zero-order valence-corrected chi connectivity index (χ0v) is 19.1. The van der Waals surface area contributed by atoms with Crippen molar-refractivity contribution in [3.63, 3.8) is 0 Å². The lowest BCUT2D eigenvalue weighted by Gasteiger charge is -2.21. The zero-order chi connectivity index (χ0) is 24.0. The number of benzene rings is 2. The van der Waals surface area contributed by atoms with Gasteiger partial charge >= 0.3 is 6.18 Å². The van der Waals surface area contributed by atoms with Crippen LogP contribution < -0.4 is 5.32 Å². The first-order chi connectivity index (χ1) is 15.7. The van der Waals surface area contributed by atoms with Crippen LogP contribution >= 0.6 is 11.3 Å². The Morgan fingerprint density at radius 2 is 1.79 bits per heavy atom. The lowest BCUT2D eigenvalue weighted by Crippen LogP contribution is -2.39. The number of alkyl halides is 3. The molecule has 0 atom stereocenters. The Kier molecular flexibility index (Phi) is 7.86. The van der Waals surface area contributed by atoms with Crippen LogP contribution in [0.4, 0.5) is 18.9 Å². The molecule has 0 saturated carbocycles. The van der Waals surface area contributed by atoms with E-state index in [1.165, 1.54) is 28.4 Å². The van der Waals surface area contributed by atoms with E-state index < -0.39 is 11.7 Å². The van der Waals surface area contributed by atoms with Crippen LogP contribution in [0.15, 0.2) is 53.9 Å². The molecule has 1 N–H and O–H groups in total. The van der Waals surface area contributed by atoms with Crippen LogP contribution in [0, 0.1) is 6.92 Å². The number of carbonyl (C=O) groups is 2. The van der Waals surface area contributed by atoms with Crippen LogP contribution in [0.1, 0.15) is 30.2 Å². The van der Waals surface area contributed by atoms with Crippen molar-refractivity contribution < 1.29 is 22.8 Å². The number of nitrogens with one attached hydrogen (secondary N) is 1. The van der Waals surface area contributed by atoms with Crippen LogP contribution in [0.25, 0.3) is 10.6 Å². The molecular weight excluding hydrogens is 451 g/mol. The summed E-state index contributed by atoms with van der Waals surface area (Å²) in [5, 5.41) is 5.08. The number of nitrogens with zero attached hydrogens (tertiary/aromatic N) is 2. The molecule has 9 heteroatoms. The van der Waals surface area contributed by atoms with Crippen LogP contribution in [0.3, 0.4) is 0 Å². The Morgan fingerprint density at radius 1 is 1.09 bits per heavy atom. The lowest BCUT2D eigenvalue weighted by atomic mass is 10.1. The lowest BCUT2D eigenvalue weighted by molar-refractivity contribution is -0.137. The van der Waals surface area contributed by atoms with Crippen molar-refractivity contribution in [1.29, 1.82) is 0 Å². The van der Waals surface area contributed by atoms with Gasteiger partial charge in [0.25, 0.3) is 0 Å². The highest BCUT2D eigenvalue weighted by molar-refractivity contribution is 7.13. The Labute approximate surface area is 194 Å². The highest BCUT2D eigenvalue weighted by Gasteiger charge is 2.30. The number of thiazole rings is 1. The predicted molar refractivity (Wildman–Crippen MR) is 123 cm³/mol. The summed E-state index contributed by atoms with van der Waals surface area (Å²) in [6.45, 7) is 4.17. The normalized spacial score (nSPS) is 11.3. The zero-order valence-electron chi connectivity index (χ0n) is 18.3. The summed E-state index contributed by atoms with van der Waals surface area (Å²) in [6, 6.07) is 12.2. The molecule has 0 aliphatic carbocycles. The van der Waals surface area contributed by atoms with Gasteiger partial charge in [0, 0.05) is 23.2 Å². The van der Waals surface area contributed by atoms with Gasteiger partial charge in [-0.3, -0.25) is 9.59 Å². The van der Waals surface area contributed by atoms with E-state index in [1.54, 1.807) is 11.4 Å². The van der Waals surface area contributed by atoms with E-state index in [2.05, 4.69) is 10.3 Å². The molecule has 0 radical (unpaired) electrons. The molecular formula is C24H24F3N3O2S. The van der Waals surface area contributed by atoms with Gasteiger partial charge in [-0.05, 0) is 37.1 Å². The quantitative estimate of drug-likeness (QED) is 0.464. The maximum Gasteiger partial charge on any atom is 0.416 e. The molecule has 0 saturated heterocycles.